The van der Waals surface area contributed by atoms with Gasteiger partial charge in [-0.05, 0) is 36.2 Å². The van der Waals surface area contributed by atoms with Crippen LogP contribution in [0.5, 0.6) is 5.75 Å². The molecule has 0 saturated carbocycles. The molecule has 0 aliphatic carbocycles. The van der Waals surface area contributed by atoms with E-state index in [-0.39, 0.29) is 18.5 Å². The van der Waals surface area contributed by atoms with Gasteiger partial charge in [0, 0.05) is 12.6 Å². The van der Waals surface area contributed by atoms with Crippen molar-refractivity contribution in [2.24, 2.45) is 0 Å². The summed E-state index contributed by atoms with van der Waals surface area (Å²) in [6, 6.07) is 9.37. The van der Waals surface area contributed by atoms with Crippen LogP contribution in [0.1, 0.15) is 28.4 Å². The quantitative estimate of drug-likeness (QED) is 0.940. The third-order valence-electron chi connectivity index (χ3n) is 4.18. The maximum absolute atomic E-state index is 14.2. The molecule has 1 aliphatic heterocycles. The maximum atomic E-state index is 14.2. The molecule has 2 unspecified atom stereocenters. The highest BCUT2D eigenvalue weighted by molar-refractivity contribution is 5.95. The van der Waals surface area contributed by atoms with E-state index in [4.69, 9.17) is 4.74 Å². The highest BCUT2D eigenvalue weighted by Gasteiger charge is 2.36. The minimum atomic E-state index is -0.733. The standard InChI is InChI=1S/C18H17F2NO3/c1-24-14-5-6-15(16(20)9-14)18(23)21-10-13(22)8-17(21)11-3-2-4-12(19)7-11/h2-7,9,13,17,22H,8,10H2,1H3. The number of hydrogen-bond donors (Lipinski definition) is 1. The summed E-state index contributed by atoms with van der Waals surface area (Å²) in [5, 5.41) is 9.95. The summed E-state index contributed by atoms with van der Waals surface area (Å²) in [5.41, 5.74) is 0.472. The SMILES string of the molecule is COc1ccc(C(=O)N2CC(O)CC2c2cccc(F)c2)c(F)c1. The molecule has 1 N–H and O–H groups in total. The Labute approximate surface area is 138 Å². The van der Waals surface area contributed by atoms with Crippen LogP contribution in [0.15, 0.2) is 42.5 Å². The van der Waals surface area contributed by atoms with Crippen molar-refractivity contribution < 1.29 is 23.4 Å². The van der Waals surface area contributed by atoms with E-state index < -0.39 is 29.7 Å². The Kier molecular flexibility index (Phi) is 4.49. The lowest BCUT2D eigenvalue weighted by Gasteiger charge is -2.25. The van der Waals surface area contributed by atoms with Crippen LogP contribution in [0.4, 0.5) is 8.78 Å². The van der Waals surface area contributed by atoms with Gasteiger partial charge in [-0.15, -0.1) is 0 Å². The number of aliphatic hydroxyl groups excluding tert-OH is 1. The van der Waals surface area contributed by atoms with Crippen LogP contribution >= 0.6 is 0 Å². The highest BCUT2D eigenvalue weighted by atomic mass is 19.1. The van der Waals surface area contributed by atoms with Crippen LogP contribution < -0.4 is 4.74 Å². The second-order valence-corrected chi connectivity index (χ2v) is 5.76. The van der Waals surface area contributed by atoms with Crippen molar-refractivity contribution in [3.63, 3.8) is 0 Å². The Morgan fingerprint density at radius 2 is 2.04 bits per heavy atom. The summed E-state index contributed by atoms with van der Waals surface area (Å²) < 4.78 is 32.6. The van der Waals surface area contributed by atoms with E-state index in [2.05, 4.69) is 0 Å². The van der Waals surface area contributed by atoms with Crippen LogP contribution in [0.25, 0.3) is 0 Å². The van der Waals surface area contributed by atoms with E-state index in [1.807, 2.05) is 0 Å². The number of carbonyl (C=O) groups excluding carboxylic acids is 1. The molecule has 0 spiro atoms. The maximum Gasteiger partial charge on any atom is 0.257 e. The van der Waals surface area contributed by atoms with Gasteiger partial charge in [0.2, 0.25) is 0 Å². The van der Waals surface area contributed by atoms with Gasteiger partial charge in [-0.3, -0.25) is 4.79 Å². The van der Waals surface area contributed by atoms with Crippen molar-refractivity contribution in [3.05, 3.63) is 65.2 Å². The summed E-state index contributed by atoms with van der Waals surface area (Å²) in [6.45, 7) is 0.0749. The second kappa shape index (κ2) is 6.57. The molecule has 0 aromatic heterocycles. The lowest BCUT2D eigenvalue weighted by atomic mass is 10.0. The molecular formula is C18H17F2NO3. The van der Waals surface area contributed by atoms with Gasteiger partial charge in [0.15, 0.2) is 0 Å². The lowest BCUT2D eigenvalue weighted by molar-refractivity contribution is 0.0710. The first-order valence-electron chi connectivity index (χ1n) is 7.57. The average Bonchev–Trinajstić information content (AvgIpc) is 2.96. The molecule has 1 amide bonds. The van der Waals surface area contributed by atoms with E-state index in [9.17, 15) is 18.7 Å². The van der Waals surface area contributed by atoms with Crippen molar-refractivity contribution >= 4 is 5.91 Å². The van der Waals surface area contributed by atoms with Gasteiger partial charge in [-0.25, -0.2) is 8.78 Å². The van der Waals surface area contributed by atoms with Crippen molar-refractivity contribution in [1.82, 2.24) is 4.90 Å². The summed E-state index contributed by atoms with van der Waals surface area (Å²) in [6.07, 6.45) is -0.448. The van der Waals surface area contributed by atoms with Crippen LogP contribution in [0.2, 0.25) is 0 Å². The van der Waals surface area contributed by atoms with Crippen LogP contribution in [0.3, 0.4) is 0 Å². The van der Waals surface area contributed by atoms with E-state index in [1.165, 1.54) is 36.3 Å². The van der Waals surface area contributed by atoms with Gasteiger partial charge >= 0.3 is 0 Å². The zero-order valence-electron chi connectivity index (χ0n) is 13.1. The first-order valence-corrected chi connectivity index (χ1v) is 7.57. The van der Waals surface area contributed by atoms with Crippen molar-refractivity contribution in [3.8, 4) is 5.75 Å². The van der Waals surface area contributed by atoms with Gasteiger partial charge in [-0.1, -0.05) is 12.1 Å². The summed E-state index contributed by atoms with van der Waals surface area (Å²) in [4.78, 5) is 14.1. The normalized spacial score (nSPS) is 20.2. The fraction of sp³-hybridized carbons (Fsp3) is 0.278. The number of aliphatic hydroxyl groups is 1. The molecule has 24 heavy (non-hydrogen) atoms. The van der Waals surface area contributed by atoms with Gasteiger partial charge < -0.3 is 14.7 Å². The molecule has 1 fully saturated rings. The Balaban J connectivity index is 1.92. The molecule has 1 aliphatic rings. The number of amides is 1. The minimum absolute atomic E-state index is 0.0749. The zero-order valence-corrected chi connectivity index (χ0v) is 13.1. The number of methoxy groups -OCH3 is 1. The van der Waals surface area contributed by atoms with Crippen molar-refractivity contribution in [1.29, 1.82) is 0 Å². The number of halogens is 2. The molecule has 0 bridgehead atoms. The monoisotopic (exact) mass is 333 g/mol. The number of benzene rings is 2. The first-order chi connectivity index (χ1) is 11.5. The predicted octanol–water partition coefficient (Wildman–Crippen LogP) is 2.92. The number of hydrogen-bond acceptors (Lipinski definition) is 3. The molecule has 2 atom stereocenters. The van der Waals surface area contributed by atoms with Gasteiger partial charge in [0.05, 0.1) is 24.8 Å². The molecule has 4 nitrogen and oxygen atoms in total. The topological polar surface area (TPSA) is 49.8 Å². The number of ether oxygens (including phenoxy) is 1. The second-order valence-electron chi connectivity index (χ2n) is 5.76. The van der Waals surface area contributed by atoms with Gasteiger partial charge in [-0.2, -0.15) is 0 Å². The molecular weight excluding hydrogens is 316 g/mol. The minimum Gasteiger partial charge on any atom is -0.497 e. The Hall–Kier alpha value is -2.47. The number of nitrogens with zero attached hydrogens (tertiary/aromatic N) is 1. The van der Waals surface area contributed by atoms with Gasteiger partial charge in [0.1, 0.15) is 17.4 Å². The lowest BCUT2D eigenvalue weighted by Crippen LogP contribution is -2.32. The van der Waals surface area contributed by atoms with Crippen LogP contribution in [-0.2, 0) is 0 Å². The largest absolute Gasteiger partial charge is 0.497 e. The average molecular weight is 333 g/mol. The molecule has 6 heteroatoms. The number of β-amino-alcohol motifs (C(OH)–C–C–N with tert-alkyl or cyclic N) is 1. The number of carbonyl (C=O) groups is 1. The zero-order chi connectivity index (χ0) is 17.3. The van der Waals surface area contributed by atoms with E-state index >= 15 is 0 Å². The third kappa shape index (κ3) is 3.10. The van der Waals surface area contributed by atoms with E-state index in [0.29, 0.717) is 11.3 Å². The molecule has 1 saturated heterocycles. The third-order valence-corrected chi connectivity index (χ3v) is 4.18. The van der Waals surface area contributed by atoms with Crippen LogP contribution in [-0.4, -0.2) is 35.7 Å². The number of rotatable bonds is 3. The van der Waals surface area contributed by atoms with E-state index in [0.717, 1.165) is 6.07 Å². The first kappa shape index (κ1) is 16.4. The molecule has 1 heterocycles. The predicted molar refractivity (Wildman–Crippen MR) is 83.8 cm³/mol. The molecule has 3 rings (SSSR count). The smallest absolute Gasteiger partial charge is 0.257 e. The summed E-state index contributed by atoms with van der Waals surface area (Å²) in [5.74, 6) is -1.34. The van der Waals surface area contributed by atoms with Crippen molar-refractivity contribution in [2.75, 3.05) is 13.7 Å². The highest BCUT2D eigenvalue weighted by Crippen LogP contribution is 2.34. The fourth-order valence-corrected chi connectivity index (χ4v) is 3.02. The summed E-state index contributed by atoms with van der Waals surface area (Å²) >= 11 is 0. The van der Waals surface area contributed by atoms with Gasteiger partial charge in [0.25, 0.3) is 5.91 Å². The Morgan fingerprint density at radius 3 is 2.71 bits per heavy atom. The summed E-state index contributed by atoms with van der Waals surface area (Å²) in [7, 11) is 1.41. The molecule has 126 valence electrons. The van der Waals surface area contributed by atoms with E-state index in [1.54, 1.807) is 12.1 Å². The fourth-order valence-electron chi connectivity index (χ4n) is 3.02. The Morgan fingerprint density at radius 1 is 1.25 bits per heavy atom. The Bertz CT molecular complexity index is 766. The molecule has 2 aromatic carbocycles. The molecule has 0 radical (unpaired) electrons. The van der Waals surface area contributed by atoms with Crippen molar-refractivity contribution in [2.45, 2.75) is 18.6 Å². The number of likely N-dealkylation sites (tertiary alicyclic amines) is 1. The van der Waals surface area contributed by atoms with Crippen LogP contribution in [0, 0.1) is 11.6 Å². The molecule has 2 aromatic rings.